The van der Waals surface area contributed by atoms with E-state index in [1.54, 1.807) is 32.9 Å². The molecule has 3 rings (SSSR count). The lowest BCUT2D eigenvalue weighted by atomic mass is 10.0. The molecular weight excluding hydrogens is 501 g/mol. The molecule has 3 aromatic rings. The molecule has 0 bridgehead atoms. The minimum Gasteiger partial charge on any atom is -0.445 e. The fourth-order valence-electron chi connectivity index (χ4n) is 3.81. The number of hydrogen-bond donors (Lipinski definition) is 3. The Kier molecular flexibility index (Phi) is 10.8. The number of alkyl carbamates (subject to hydrolysis) is 1. The first kappa shape index (κ1) is 29.6. The van der Waals surface area contributed by atoms with E-state index >= 15 is 0 Å². The molecule has 2 atom stereocenters. The average Bonchev–Trinajstić information content (AvgIpc) is 2.88. The van der Waals surface area contributed by atoms with Gasteiger partial charge in [0.15, 0.2) is 0 Å². The van der Waals surface area contributed by atoms with Crippen molar-refractivity contribution < 1.29 is 28.6 Å². The van der Waals surface area contributed by atoms with E-state index in [0.717, 1.165) is 11.1 Å². The van der Waals surface area contributed by atoms with Crippen LogP contribution in [0.1, 0.15) is 37.5 Å². The first-order valence-electron chi connectivity index (χ1n) is 12.8. The van der Waals surface area contributed by atoms with Crippen LogP contribution in [-0.4, -0.2) is 46.6 Å². The van der Waals surface area contributed by atoms with Crippen molar-refractivity contribution in [3.63, 3.8) is 0 Å². The maximum Gasteiger partial charge on any atom is 0.422 e. The number of rotatable bonds is 11. The Balaban J connectivity index is 1.73. The fraction of sp³-hybridized carbons (Fsp3) is 0.333. The van der Waals surface area contributed by atoms with Crippen LogP contribution in [0.2, 0.25) is 0 Å². The Labute approximate surface area is 228 Å². The number of amides is 2. The highest BCUT2D eigenvalue weighted by molar-refractivity contribution is 5.68. The van der Waals surface area contributed by atoms with Crippen molar-refractivity contribution in [2.24, 2.45) is 0 Å². The molecule has 9 heteroatoms. The molecule has 3 N–H and O–H groups in total. The highest BCUT2D eigenvalue weighted by Gasteiger charge is 2.27. The van der Waals surface area contributed by atoms with Crippen LogP contribution < -0.4 is 10.7 Å². The van der Waals surface area contributed by atoms with Crippen LogP contribution in [0, 0.1) is 5.82 Å². The molecule has 8 nitrogen and oxygen atoms in total. The second kappa shape index (κ2) is 14.3. The Hall–Kier alpha value is -3.95. The molecule has 0 aromatic heterocycles. The molecule has 39 heavy (non-hydrogen) atoms. The van der Waals surface area contributed by atoms with Gasteiger partial charge < -0.3 is 19.9 Å². The molecule has 0 saturated heterocycles. The molecule has 2 amide bonds. The van der Waals surface area contributed by atoms with Crippen molar-refractivity contribution in [3.05, 3.63) is 107 Å². The summed E-state index contributed by atoms with van der Waals surface area (Å²) < 4.78 is 24.2. The summed E-state index contributed by atoms with van der Waals surface area (Å²) in [5.74, 6) is -0.383. The first-order valence-corrected chi connectivity index (χ1v) is 12.8. The Bertz CT molecular complexity index is 1170. The number of ether oxygens (including phenoxy) is 2. The zero-order chi connectivity index (χ0) is 28.3. The van der Waals surface area contributed by atoms with Crippen molar-refractivity contribution in [1.82, 2.24) is 15.8 Å². The van der Waals surface area contributed by atoms with E-state index in [4.69, 9.17) is 9.47 Å². The molecule has 0 heterocycles. The van der Waals surface area contributed by atoms with Crippen LogP contribution in [0.15, 0.2) is 84.9 Å². The summed E-state index contributed by atoms with van der Waals surface area (Å²) in [5.41, 5.74) is 4.36. The Morgan fingerprint density at radius 2 is 1.46 bits per heavy atom. The molecule has 0 radical (unpaired) electrons. The fourth-order valence-corrected chi connectivity index (χ4v) is 3.81. The van der Waals surface area contributed by atoms with E-state index in [1.807, 2.05) is 60.7 Å². The number of halogens is 1. The van der Waals surface area contributed by atoms with E-state index in [2.05, 4.69) is 10.7 Å². The highest BCUT2D eigenvalue weighted by atomic mass is 19.1. The third-order valence-electron chi connectivity index (χ3n) is 5.62. The van der Waals surface area contributed by atoms with E-state index in [1.165, 1.54) is 17.1 Å². The molecule has 0 unspecified atom stereocenters. The average molecular weight is 538 g/mol. The molecule has 0 spiro atoms. The maximum absolute atomic E-state index is 13.4. The first-order chi connectivity index (χ1) is 18.6. The molecule has 0 fully saturated rings. The lowest BCUT2D eigenvalue weighted by Gasteiger charge is -2.31. The van der Waals surface area contributed by atoms with Crippen LogP contribution >= 0.6 is 0 Å². The Morgan fingerprint density at radius 3 is 2.05 bits per heavy atom. The van der Waals surface area contributed by atoms with Crippen molar-refractivity contribution >= 4 is 12.2 Å². The normalized spacial score (nSPS) is 12.9. The van der Waals surface area contributed by atoms with Gasteiger partial charge in [-0.1, -0.05) is 72.8 Å². The monoisotopic (exact) mass is 537 g/mol. The minimum absolute atomic E-state index is 0.0624. The van der Waals surface area contributed by atoms with E-state index in [-0.39, 0.29) is 25.5 Å². The topological polar surface area (TPSA) is 100 Å². The van der Waals surface area contributed by atoms with E-state index < -0.39 is 29.9 Å². The van der Waals surface area contributed by atoms with Gasteiger partial charge in [0.2, 0.25) is 0 Å². The zero-order valence-corrected chi connectivity index (χ0v) is 22.5. The Morgan fingerprint density at radius 1 is 0.872 bits per heavy atom. The van der Waals surface area contributed by atoms with Gasteiger partial charge in [0, 0.05) is 13.1 Å². The van der Waals surface area contributed by atoms with Crippen molar-refractivity contribution in [2.45, 2.75) is 58.1 Å². The van der Waals surface area contributed by atoms with E-state index in [9.17, 15) is 19.1 Å². The van der Waals surface area contributed by atoms with Gasteiger partial charge in [-0.3, -0.25) is 5.43 Å². The van der Waals surface area contributed by atoms with Crippen molar-refractivity contribution in [1.29, 1.82) is 0 Å². The minimum atomic E-state index is -1.12. The van der Waals surface area contributed by atoms with E-state index in [0.29, 0.717) is 12.0 Å². The molecular formula is C30H36FN3O5. The number of aliphatic hydroxyl groups excluding tert-OH is 1. The number of hydrazine groups is 1. The summed E-state index contributed by atoms with van der Waals surface area (Å²) in [5, 5.41) is 15.5. The number of carbonyl (C=O) groups excluding carboxylic acids is 2. The van der Waals surface area contributed by atoms with Gasteiger partial charge in [0.05, 0.1) is 12.1 Å². The molecule has 0 aliphatic heterocycles. The van der Waals surface area contributed by atoms with Crippen LogP contribution in [0.4, 0.5) is 14.0 Å². The molecule has 3 aromatic carbocycles. The third-order valence-corrected chi connectivity index (χ3v) is 5.62. The summed E-state index contributed by atoms with van der Waals surface area (Å²) in [7, 11) is 0. The predicted octanol–water partition coefficient (Wildman–Crippen LogP) is 4.97. The van der Waals surface area contributed by atoms with Gasteiger partial charge in [-0.05, 0) is 56.0 Å². The number of hydrogen-bond acceptors (Lipinski definition) is 6. The number of carbonyl (C=O) groups is 2. The predicted molar refractivity (Wildman–Crippen MR) is 146 cm³/mol. The van der Waals surface area contributed by atoms with Crippen LogP contribution in [0.5, 0.6) is 0 Å². The summed E-state index contributed by atoms with van der Waals surface area (Å²) in [6.07, 6.45) is -2.18. The largest absolute Gasteiger partial charge is 0.445 e. The second-order valence-electron chi connectivity index (χ2n) is 10.2. The zero-order valence-electron chi connectivity index (χ0n) is 22.5. The molecule has 0 aliphatic carbocycles. The number of aliphatic hydroxyl groups is 1. The quantitative estimate of drug-likeness (QED) is 0.299. The summed E-state index contributed by atoms with van der Waals surface area (Å²) in [6, 6.07) is 23.8. The third kappa shape index (κ3) is 11.1. The van der Waals surface area contributed by atoms with Crippen LogP contribution in [-0.2, 0) is 29.0 Å². The van der Waals surface area contributed by atoms with Crippen LogP contribution in [0.3, 0.4) is 0 Å². The maximum atomic E-state index is 13.4. The van der Waals surface area contributed by atoms with Gasteiger partial charge in [-0.15, -0.1) is 0 Å². The SMILES string of the molecule is CC(C)(C)OC(=O)NN(Cc1ccc(F)cc1)C[C@H](O)[C@H](Cc1ccccc1)NC(=O)OCc1ccccc1. The smallest absolute Gasteiger partial charge is 0.422 e. The van der Waals surface area contributed by atoms with Gasteiger partial charge >= 0.3 is 12.2 Å². The molecule has 208 valence electrons. The number of benzene rings is 3. The molecule has 0 aliphatic rings. The van der Waals surface area contributed by atoms with Gasteiger partial charge in [-0.2, -0.15) is 0 Å². The van der Waals surface area contributed by atoms with Gasteiger partial charge in [0.25, 0.3) is 0 Å². The summed E-state index contributed by atoms with van der Waals surface area (Å²) >= 11 is 0. The van der Waals surface area contributed by atoms with Gasteiger partial charge in [0.1, 0.15) is 18.0 Å². The number of nitrogens with zero attached hydrogens (tertiary/aromatic N) is 1. The van der Waals surface area contributed by atoms with Gasteiger partial charge in [-0.25, -0.2) is 19.0 Å². The standard InChI is InChI=1S/C30H36FN3O5/c1-30(2,3)39-29(37)33-34(19-23-14-16-25(31)17-15-23)20-27(35)26(18-22-10-6-4-7-11-22)32-28(36)38-21-24-12-8-5-9-13-24/h4-17,26-27,35H,18-21H2,1-3H3,(H,32,36)(H,33,37)/t26-,27-/m0/s1. The summed E-state index contributed by atoms with van der Waals surface area (Å²) in [6.45, 7) is 5.41. The van der Waals surface area contributed by atoms with Crippen molar-refractivity contribution in [3.8, 4) is 0 Å². The summed E-state index contributed by atoms with van der Waals surface area (Å²) in [4.78, 5) is 25.2. The lowest BCUT2D eigenvalue weighted by molar-refractivity contribution is 0.0141. The second-order valence-corrected chi connectivity index (χ2v) is 10.2. The molecule has 0 saturated carbocycles. The van der Waals surface area contributed by atoms with Crippen molar-refractivity contribution in [2.75, 3.05) is 6.54 Å². The van der Waals surface area contributed by atoms with Crippen LogP contribution in [0.25, 0.3) is 0 Å². The highest BCUT2D eigenvalue weighted by Crippen LogP contribution is 2.13. The lowest BCUT2D eigenvalue weighted by Crippen LogP contribution is -2.53. The number of nitrogens with one attached hydrogen (secondary N) is 2.